The Morgan fingerprint density at radius 3 is 1.82 bits per heavy atom. The Kier molecular flexibility index (Phi) is 7.56. The summed E-state index contributed by atoms with van der Waals surface area (Å²) in [4.78, 5) is 68.0. The van der Waals surface area contributed by atoms with Gasteiger partial charge in [0.25, 0.3) is 11.8 Å². The summed E-state index contributed by atoms with van der Waals surface area (Å²) in [5.74, 6) is -4.17. The van der Waals surface area contributed by atoms with Gasteiger partial charge in [0.05, 0.1) is 23.3 Å². The lowest BCUT2D eigenvalue weighted by Gasteiger charge is -2.16. The van der Waals surface area contributed by atoms with Crippen molar-refractivity contribution in [2.24, 2.45) is 0 Å². The van der Waals surface area contributed by atoms with Crippen molar-refractivity contribution in [3.63, 3.8) is 0 Å². The average Bonchev–Trinajstić information content (AvgIpc) is 3.44. The summed E-state index contributed by atoms with van der Waals surface area (Å²) in [6, 6.07) is 15.9. The summed E-state index contributed by atoms with van der Waals surface area (Å²) in [5.41, 5.74) is 1.22. The third-order valence-corrected chi connectivity index (χ3v) is 7.80. The Morgan fingerprint density at radius 1 is 0.795 bits per heavy atom. The molecule has 1 aliphatic heterocycles. The number of anilines is 1. The first-order chi connectivity index (χ1) is 18.9. The number of carbonyl (C=O) groups excluding carboxylic acids is 5. The highest BCUT2D eigenvalue weighted by molar-refractivity contribution is 7.17. The Morgan fingerprint density at radius 2 is 1.31 bits per heavy atom. The van der Waals surface area contributed by atoms with Gasteiger partial charge in [0, 0.05) is 4.88 Å². The third-order valence-electron chi connectivity index (χ3n) is 6.52. The minimum atomic E-state index is -1.74. The molecule has 2 heterocycles. The van der Waals surface area contributed by atoms with Crippen LogP contribution < -0.4 is 4.90 Å². The second-order valence-electron chi connectivity index (χ2n) is 9.01. The zero-order chi connectivity index (χ0) is 27.5. The molecule has 2 aromatic carbocycles. The first-order valence-corrected chi connectivity index (χ1v) is 13.4. The highest BCUT2D eigenvalue weighted by Gasteiger charge is 2.55. The Hall–Kier alpha value is -4.31. The van der Waals surface area contributed by atoms with Crippen LogP contribution in [0.5, 0.6) is 0 Å². The fourth-order valence-corrected chi connectivity index (χ4v) is 6.07. The molecule has 1 aromatic heterocycles. The zero-order valence-electron chi connectivity index (χ0n) is 21.1. The summed E-state index contributed by atoms with van der Waals surface area (Å²) in [7, 11) is 0. The van der Waals surface area contributed by atoms with Crippen molar-refractivity contribution < 1.29 is 38.2 Å². The number of ether oxygens (including phenoxy) is 3. The number of carbonyl (C=O) groups is 5. The molecule has 0 radical (unpaired) electrons. The van der Waals surface area contributed by atoms with E-state index in [9.17, 15) is 24.0 Å². The van der Waals surface area contributed by atoms with Crippen LogP contribution in [-0.2, 0) is 36.6 Å². The van der Waals surface area contributed by atoms with E-state index in [1.54, 1.807) is 43.3 Å². The number of benzene rings is 2. The van der Waals surface area contributed by atoms with Crippen LogP contribution in [0.4, 0.5) is 5.00 Å². The van der Waals surface area contributed by atoms with Crippen LogP contribution >= 0.6 is 11.3 Å². The molecule has 0 spiro atoms. The van der Waals surface area contributed by atoms with Gasteiger partial charge < -0.3 is 14.2 Å². The number of hydrogen-bond donors (Lipinski definition) is 0. The Balaban J connectivity index is 1.54. The van der Waals surface area contributed by atoms with Gasteiger partial charge in [-0.1, -0.05) is 36.4 Å². The molecule has 39 heavy (non-hydrogen) atoms. The number of amides is 2. The first-order valence-electron chi connectivity index (χ1n) is 12.6. The van der Waals surface area contributed by atoms with E-state index >= 15 is 0 Å². The average molecular weight is 548 g/mol. The topological polar surface area (TPSA) is 116 Å². The molecule has 5 rings (SSSR count). The monoisotopic (exact) mass is 547 g/mol. The van der Waals surface area contributed by atoms with Gasteiger partial charge >= 0.3 is 17.9 Å². The number of rotatable bonds is 7. The Bertz CT molecular complexity index is 1360. The minimum Gasteiger partial charge on any atom is -0.462 e. The first kappa shape index (κ1) is 26.3. The second-order valence-corrected chi connectivity index (χ2v) is 10.1. The van der Waals surface area contributed by atoms with Gasteiger partial charge in [0.1, 0.15) is 5.00 Å². The van der Waals surface area contributed by atoms with E-state index < -0.39 is 41.9 Å². The summed E-state index contributed by atoms with van der Waals surface area (Å²) < 4.78 is 16.3. The minimum absolute atomic E-state index is 0.0920. The van der Waals surface area contributed by atoms with E-state index in [1.807, 2.05) is 0 Å². The maximum atomic E-state index is 13.7. The molecule has 1 aliphatic carbocycles. The SMILES string of the molecule is CCOC(=O)c1c(N2C(=O)[C@H](OC(=O)c3ccccc3)[C@@H](OC(=O)c3ccccc3)C2=O)sc2c1CCCC2. The summed E-state index contributed by atoms with van der Waals surface area (Å²) >= 11 is 1.16. The highest BCUT2D eigenvalue weighted by atomic mass is 32.1. The molecule has 2 amide bonds. The predicted molar refractivity (Wildman–Crippen MR) is 141 cm³/mol. The van der Waals surface area contributed by atoms with Gasteiger partial charge in [-0.3, -0.25) is 9.59 Å². The lowest BCUT2D eigenvalue weighted by molar-refractivity contribution is -0.130. The number of fused-ring (bicyclic) bond motifs is 1. The number of thiophene rings is 1. The fraction of sp³-hybridized carbons (Fsp3) is 0.276. The second kappa shape index (κ2) is 11.2. The van der Waals surface area contributed by atoms with Crippen LogP contribution in [0.3, 0.4) is 0 Å². The molecule has 9 nitrogen and oxygen atoms in total. The third kappa shape index (κ3) is 5.07. The maximum absolute atomic E-state index is 13.7. The molecule has 2 aliphatic rings. The van der Waals surface area contributed by atoms with Gasteiger partial charge in [0.2, 0.25) is 12.2 Å². The number of esters is 3. The molecule has 10 heteroatoms. The van der Waals surface area contributed by atoms with Crippen molar-refractivity contribution in [2.75, 3.05) is 11.5 Å². The van der Waals surface area contributed by atoms with Gasteiger partial charge in [-0.05, 0) is 62.4 Å². The molecule has 0 N–H and O–H groups in total. The molecule has 1 fully saturated rings. The van der Waals surface area contributed by atoms with Gasteiger partial charge in [0.15, 0.2) is 0 Å². The standard InChI is InChI=1S/C29H25NO8S/c1-2-36-29(35)21-19-15-9-10-16-20(19)39-26(21)30-24(31)22(37-27(33)17-11-5-3-6-12-17)23(25(30)32)38-28(34)18-13-7-4-8-14-18/h3-8,11-14,22-23H,2,9-10,15-16H2,1H3/t22-,23-/m1/s1. The molecular formula is C29H25NO8S. The highest BCUT2D eigenvalue weighted by Crippen LogP contribution is 2.43. The molecule has 1 saturated heterocycles. The predicted octanol–water partition coefficient (Wildman–Crippen LogP) is 4.13. The molecule has 200 valence electrons. The zero-order valence-corrected chi connectivity index (χ0v) is 21.9. The lowest BCUT2D eigenvalue weighted by Crippen LogP contribution is -2.37. The van der Waals surface area contributed by atoms with Crippen molar-refractivity contribution in [1.29, 1.82) is 0 Å². The summed E-state index contributed by atoms with van der Waals surface area (Å²) in [5, 5.41) is 0.0920. The van der Waals surface area contributed by atoms with Gasteiger partial charge in [-0.2, -0.15) is 0 Å². The number of nitrogens with zero attached hydrogens (tertiary/aromatic N) is 1. The van der Waals surface area contributed by atoms with Crippen molar-refractivity contribution in [1.82, 2.24) is 0 Å². The van der Waals surface area contributed by atoms with Crippen LogP contribution in [0.1, 0.15) is 61.3 Å². The lowest BCUT2D eigenvalue weighted by atomic mass is 9.95. The molecule has 0 bridgehead atoms. The summed E-state index contributed by atoms with van der Waals surface area (Å²) in [6.45, 7) is 1.78. The quantitative estimate of drug-likeness (QED) is 0.246. The molecule has 0 unspecified atom stereocenters. The molecule has 0 saturated carbocycles. The smallest absolute Gasteiger partial charge is 0.341 e. The van der Waals surface area contributed by atoms with E-state index in [2.05, 4.69) is 0 Å². The van der Waals surface area contributed by atoms with Crippen molar-refractivity contribution in [3.05, 3.63) is 87.8 Å². The van der Waals surface area contributed by atoms with E-state index in [0.29, 0.717) is 12.8 Å². The van der Waals surface area contributed by atoms with Crippen molar-refractivity contribution >= 4 is 46.1 Å². The van der Waals surface area contributed by atoms with Crippen LogP contribution in [0.15, 0.2) is 60.7 Å². The van der Waals surface area contributed by atoms with Crippen LogP contribution in [0, 0.1) is 0 Å². The fourth-order valence-electron chi connectivity index (χ4n) is 4.68. The van der Waals surface area contributed by atoms with Crippen molar-refractivity contribution in [3.8, 4) is 0 Å². The van der Waals surface area contributed by atoms with Crippen LogP contribution in [0.2, 0.25) is 0 Å². The number of imide groups is 1. The van der Waals surface area contributed by atoms with Crippen LogP contribution in [-0.4, -0.2) is 48.5 Å². The summed E-state index contributed by atoms with van der Waals surface area (Å²) in [6.07, 6.45) is -0.423. The van der Waals surface area contributed by atoms with Gasteiger partial charge in [-0.25, -0.2) is 19.3 Å². The van der Waals surface area contributed by atoms with E-state index in [1.165, 1.54) is 24.3 Å². The number of hydrogen-bond acceptors (Lipinski definition) is 9. The number of aryl methyl sites for hydroxylation is 1. The maximum Gasteiger partial charge on any atom is 0.341 e. The van der Waals surface area contributed by atoms with Crippen LogP contribution in [0.25, 0.3) is 0 Å². The van der Waals surface area contributed by atoms with E-state index in [-0.39, 0.29) is 28.3 Å². The van der Waals surface area contributed by atoms with E-state index in [0.717, 1.165) is 39.5 Å². The molecule has 3 aromatic rings. The Labute approximate surface area is 228 Å². The van der Waals surface area contributed by atoms with E-state index in [4.69, 9.17) is 14.2 Å². The normalized spacial score (nSPS) is 18.4. The molecular weight excluding hydrogens is 522 g/mol. The largest absolute Gasteiger partial charge is 0.462 e. The van der Waals surface area contributed by atoms with Crippen molar-refractivity contribution in [2.45, 2.75) is 44.8 Å². The molecule has 2 atom stereocenters. The van der Waals surface area contributed by atoms with Gasteiger partial charge in [-0.15, -0.1) is 11.3 Å².